The molecule has 0 saturated carbocycles. The number of hydrogen-bond donors (Lipinski definition) is 1. The maximum Gasteiger partial charge on any atom is 0.263 e. The van der Waals surface area contributed by atoms with Crippen molar-refractivity contribution < 1.29 is 4.79 Å². The third-order valence-corrected chi connectivity index (χ3v) is 7.38. The van der Waals surface area contributed by atoms with Gasteiger partial charge in [0.2, 0.25) is 5.91 Å². The van der Waals surface area contributed by atoms with Gasteiger partial charge in [0.15, 0.2) is 5.16 Å². The van der Waals surface area contributed by atoms with Crippen LogP contribution >= 0.6 is 34.4 Å². The highest BCUT2D eigenvalue weighted by atomic mass is 32.2. The first-order valence-corrected chi connectivity index (χ1v) is 10.8. The molecule has 1 saturated heterocycles. The van der Waals surface area contributed by atoms with Crippen LogP contribution in [0.5, 0.6) is 0 Å². The van der Waals surface area contributed by atoms with Crippen molar-refractivity contribution in [1.29, 1.82) is 0 Å². The lowest BCUT2D eigenvalue weighted by molar-refractivity contribution is -0.120. The van der Waals surface area contributed by atoms with E-state index in [1.165, 1.54) is 23.1 Å². The Morgan fingerprint density at radius 2 is 2.20 bits per heavy atom. The van der Waals surface area contributed by atoms with Gasteiger partial charge in [0.25, 0.3) is 5.56 Å². The second-order valence-electron chi connectivity index (χ2n) is 5.96. The summed E-state index contributed by atoms with van der Waals surface area (Å²) in [5.74, 6) is 0.0438. The molecule has 0 radical (unpaired) electrons. The van der Waals surface area contributed by atoms with Gasteiger partial charge >= 0.3 is 0 Å². The highest BCUT2D eigenvalue weighted by Crippen LogP contribution is 2.35. The predicted octanol–water partition coefficient (Wildman–Crippen LogP) is 3.48. The van der Waals surface area contributed by atoms with E-state index in [-0.39, 0.29) is 16.7 Å². The van der Waals surface area contributed by atoms with Gasteiger partial charge in [0, 0.05) is 29.4 Å². The number of nitrogens with one attached hydrogen (secondary N) is 1. The Bertz CT molecular complexity index is 975. The molecule has 1 N–H and O–H groups in total. The molecule has 0 spiro atoms. The van der Waals surface area contributed by atoms with Crippen LogP contribution in [0.2, 0.25) is 0 Å². The molecule has 4 rings (SSSR count). The summed E-state index contributed by atoms with van der Waals surface area (Å²) in [6.45, 7) is 0.733. The molecule has 1 fully saturated rings. The summed E-state index contributed by atoms with van der Waals surface area (Å²) in [7, 11) is 1.74. The third kappa shape index (κ3) is 3.14. The number of carbonyl (C=O) groups is 1. The Balaban J connectivity index is 1.75. The topological polar surface area (TPSA) is 64.0 Å². The van der Waals surface area contributed by atoms with Crippen LogP contribution in [-0.2, 0) is 11.8 Å². The van der Waals surface area contributed by atoms with Crippen molar-refractivity contribution in [2.45, 2.75) is 29.7 Å². The molecule has 8 heteroatoms. The van der Waals surface area contributed by atoms with Crippen LogP contribution in [0.4, 0.5) is 0 Å². The summed E-state index contributed by atoms with van der Waals surface area (Å²) >= 11 is 4.50. The predicted molar refractivity (Wildman–Crippen MR) is 105 cm³/mol. The van der Waals surface area contributed by atoms with E-state index < -0.39 is 0 Å². The molecule has 0 aliphatic carbocycles. The average Bonchev–Trinajstić information content (AvgIpc) is 3.22. The van der Waals surface area contributed by atoms with Crippen molar-refractivity contribution in [2.24, 2.45) is 7.05 Å². The number of aromatic nitrogens is 2. The minimum Gasteiger partial charge on any atom is -0.355 e. The van der Waals surface area contributed by atoms with Crippen LogP contribution in [0, 0.1) is 0 Å². The number of thioether (sulfide) groups is 1. The Morgan fingerprint density at radius 1 is 1.32 bits per heavy atom. The summed E-state index contributed by atoms with van der Waals surface area (Å²) in [4.78, 5) is 31.6. The normalized spacial score (nSPS) is 18.3. The molecule has 25 heavy (non-hydrogen) atoms. The summed E-state index contributed by atoms with van der Waals surface area (Å²) in [6, 6.07) is 4.00. The number of fused-ring (bicyclic) bond motifs is 1. The zero-order valence-electron chi connectivity index (χ0n) is 13.7. The van der Waals surface area contributed by atoms with Crippen molar-refractivity contribution in [1.82, 2.24) is 14.9 Å². The van der Waals surface area contributed by atoms with E-state index in [1.54, 1.807) is 23.0 Å². The van der Waals surface area contributed by atoms with Crippen LogP contribution < -0.4 is 10.9 Å². The number of rotatable bonds is 3. The zero-order chi connectivity index (χ0) is 17.4. The van der Waals surface area contributed by atoms with Crippen LogP contribution in [-0.4, -0.2) is 27.3 Å². The molecule has 4 heterocycles. The molecular weight excluding hydrogens is 374 g/mol. The Hall–Kier alpha value is -1.64. The van der Waals surface area contributed by atoms with Gasteiger partial charge in [-0.05, 0) is 24.3 Å². The van der Waals surface area contributed by atoms with Gasteiger partial charge in [-0.15, -0.1) is 22.7 Å². The number of nitrogens with zero attached hydrogens (tertiary/aromatic N) is 2. The minimum absolute atomic E-state index is 0.0438. The van der Waals surface area contributed by atoms with Crippen molar-refractivity contribution in [3.05, 3.63) is 33.2 Å². The van der Waals surface area contributed by atoms with Gasteiger partial charge in [-0.2, -0.15) is 0 Å². The van der Waals surface area contributed by atoms with Gasteiger partial charge in [-0.3, -0.25) is 14.2 Å². The minimum atomic E-state index is -0.185. The monoisotopic (exact) mass is 391 g/mol. The number of hydrogen-bond acceptors (Lipinski definition) is 6. The second-order valence-corrected chi connectivity index (χ2v) is 8.93. The lowest BCUT2D eigenvalue weighted by Crippen LogP contribution is -2.31. The summed E-state index contributed by atoms with van der Waals surface area (Å²) in [5.41, 5.74) is 0.901. The van der Waals surface area contributed by atoms with Gasteiger partial charge < -0.3 is 5.32 Å². The molecule has 130 valence electrons. The smallest absolute Gasteiger partial charge is 0.263 e. The first-order chi connectivity index (χ1) is 12.1. The second kappa shape index (κ2) is 6.93. The van der Waals surface area contributed by atoms with E-state index >= 15 is 0 Å². The molecule has 5 nitrogen and oxygen atoms in total. The lowest BCUT2D eigenvalue weighted by atomic mass is 10.2. The maximum atomic E-state index is 12.9. The van der Waals surface area contributed by atoms with E-state index in [0.717, 1.165) is 41.1 Å². The molecule has 0 unspecified atom stereocenters. The molecule has 1 atom stereocenters. The quantitative estimate of drug-likeness (QED) is 0.694. The molecular formula is C17H17N3O2S3. The van der Waals surface area contributed by atoms with Crippen molar-refractivity contribution in [3.63, 3.8) is 0 Å². The summed E-state index contributed by atoms with van der Waals surface area (Å²) < 4.78 is 1.58. The van der Waals surface area contributed by atoms with E-state index in [0.29, 0.717) is 10.5 Å². The largest absolute Gasteiger partial charge is 0.355 e. The van der Waals surface area contributed by atoms with Crippen LogP contribution in [0.15, 0.2) is 32.8 Å². The average molecular weight is 392 g/mol. The first kappa shape index (κ1) is 16.8. The number of thiophene rings is 2. The molecule has 0 aromatic carbocycles. The van der Waals surface area contributed by atoms with E-state index in [2.05, 4.69) is 5.32 Å². The van der Waals surface area contributed by atoms with Gasteiger partial charge in [-0.25, -0.2) is 4.98 Å². The summed E-state index contributed by atoms with van der Waals surface area (Å²) in [5, 5.41) is 8.04. The molecule has 3 aromatic rings. The lowest BCUT2D eigenvalue weighted by Gasteiger charge is -2.14. The molecule has 1 aliphatic rings. The maximum absolute atomic E-state index is 12.9. The Kier molecular flexibility index (Phi) is 4.66. The molecule has 3 aromatic heterocycles. The highest BCUT2D eigenvalue weighted by Gasteiger charge is 2.25. The number of carbonyl (C=O) groups excluding carboxylic acids is 1. The van der Waals surface area contributed by atoms with Gasteiger partial charge in [0.05, 0.1) is 10.6 Å². The molecule has 0 bridgehead atoms. The van der Waals surface area contributed by atoms with E-state index in [9.17, 15) is 9.59 Å². The molecule has 1 aliphatic heterocycles. The fourth-order valence-corrected chi connectivity index (χ4v) is 5.85. The third-order valence-electron chi connectivity index (χ3n) is 4.29. The Labute approximate surface area is 157 Å². The van der Waals surface area contributed by atoms with Crippen molar-refractivity contribution in [2.75, 3.05) is 6.54 Å². The molecule has 1 amide bonds. The van der Waals surface area contributed by atoms with Crippen LogP contribution in [0.3, 0.4) is 0 Å². The van der Waals surface area contributed by atoms with Crippen LogP contribution in [0.25, 0.3) is 20.7 Å². The van der Waals surface area contributed by atoms with Crippen molar-refractivity contribution in [3.8, 4) is 10.4 Å². The van der Waals surface area contributed by atoms with E-state index in [1.807, 2.05) is 22.9 Å². The number of amides is 1. The zero-order valence-corrected chi connectivity index (χ0v) is 16.1. The fraction of sp³-hybridized carbons (Fsp3) is 0.353. The summed E-state index contributed by atoms with van der Waals surface area (Å²) in [6.07, 6.45) is 2.83. The fourth-order valence-electron chi connectivity index (χ4n) is 2.92. The van der Waals surface area contributed by atoms with Crippen LogP contribution in [0.1, 0.15) is 19.3 Å². The van der Waals surface area contributed by atoms with Gasteiger partial charge in [-0.1, -0.05) is 24.2 Å². The SMILES string of the molecule is Cn1c(S[C@@H]2CCCCNC2=O)nc2scc(-c3cccs3)c2c1=O. The van der Waals surface area contributed by atoms with Crippen molar-refractivity contribution >= 4 is 50.6 Å². The standard InChI is InChI=1S/C17H17N3O2S3/c1-20-16(22)13-10(11-6-4-8-23-11)9-24-15(13)19-17(20)25-12-5-2-3-7-18-14(12)21/h4,6,8-9,12H,2-3,5,7H2,1H3,(H,18,21)/t12-/m1/s1. The highest BCUT2D eigenvalue weighted by molar-refractivity contribution is 8.00. The van der Waals surface area contributed by atoms with E-state index in [4.69, 9.17) is 4.98 Å². The van der Waals surface area contributed by atoms with Gasteiger partial charge in [0.1, 0.15) is 4.83 Å². The Morgan fingerprint density at radius 3 is 3.00 bits per heavy atom. The first-order valence-electron chi connectivity index (χ1n) is 8.11.